The van der Waals surface area contributed by atoms with Crippen LogP contribution in [-0.2, 0) is 11.3 Å². The van der Waals surface area contributed by atoms with Gasteiger partial charge in [-0.1, -0.05) is 31.0 Å². The second-order valence-corrected chi connectivity index (χ2v) is 7.87. The number of aromatic nitrogens is 1. The molecule has 2 heterocycles. The Kier molecular flexibility index (Phi) is 4.81. The Hall–Kier alpha value is -2.14. The van der Waals surface area contributed by atoms with Crippen molar-refractivity contribution in [3.05, 3.63) is 35.9 Å². The normalized spacial score (nSPS) is 25.1. The molecule has 2 fully saturated rings. The topological polar surface area (TPSA) is 57.3 Å². The molecule has 1 saturated carbocycles. The molecule has 5 nitrogen and oxygen atoms in total. The van der Waals surface area contributed by atoms with E-state index >= 15 is 0 Å². The molecule has 1 aliphatic heterocycles. The Morgan fingerprint density at radius 1 is 1.27 bits per heavy atom. The molecule has 138 valence electrons. The second-order valence-electron chi connectivity index (χ2n) is 7.87. The fraction of sp³-hybridized carbons (Fsp3) is 0.524. The van der Waals surface area contributed by atoms with Crippen molar-refractivity contribution in [2.45, 2.75) is 50.7 Å². The van der Waals surface area contributed by atoms with Crippen LogP contribution in [0.5, 0.6) is 0 Å². The van der Waals surface area contributed by atoms with Gasteiger partial charge < -0.3 is 15.5 Å². The van der Waals surface area contributed by atoms with E-state index in [2.05, 4.69) is 27.8 Å². The van der Waals surface area contributed by atoms with Gasteiger partial charge in [-0.05, 0) is 42.9 Å². The van der Waals surface area contributed by atoms with Gasteiger partial charge in [0.15, 0.2) is 0 Å². The van der Waals surface area contributed by atoms with Crippen molar-refractivity contribution in [3.63, 3.8) is 0 Å². The Balaban J connectivity index is 1.48. The van der Waals surface area contributed by atoms with Crippen LogP contribution in [0.25, 0.3) is 10.9 Å². The van der Waals surface area contributed by atoms with E-state index in [1.807, 2.05) is 37.2 Å². The molecule has 26 heavy (non-hydrogen) atoms. The van der Waals surface area contributed by atoms with Crippen molar-refractivity contribution in [1.29, 1.82) is 0 Å². The van der Waals surface area contributed by atoms with Crippen molar-refractivity contribution in [2.75, 3.05) is 19.0 Å². The first-order valence-corrected chi connectivity index (χ1v) is 9.71. The molecule has 1 aromatic heterocycles. The monoisotopic (exact) mass is 352 g/mol. The van der Waals surface area contributed by atoms with Crippen LogP contribution in [0.15, 0.2) is 30.3 Å². The van der Waals surface area contributed by atoms with Crippen molar-refractivity contribution < 1.29 is 4.79 Å². The number of hydrogen-bond donors (Lipinski definition) is 2. The smallest absolute Gasteiger partial charge is 0.237 e. The van der Waals surface area contributed by atoms with Gasteiger partial charge >= 0.3 is 0 Å². The Bertz CT molecular complexity index is 790. The lowest BCUT2D eigenvalue weighted by molar-refractivity contribution is -0.123. The van der Waals surface area contributed by atoms with Crippen LogP contribution in [-0.4, -0.2) is 37.1 Å². The van der Waals surface area contributed by atoms with Crippen molar-refractivity contribution in [1.82, 2.24) is 15.6 Å². The highest BCUT2D eigenvalue weighted by molar-refractivity contribution is 5.86. The second kappa shape index (κ2) is 7.23. The van der Waals surface area contributed by atoms with E-state index in [1.54, 1.807) is 0 Å². The van der Waals surface area contributed by atoms with Crippen LogP contribution in [0.2, 0.25) is 0 Å². The lowest BCUT2D eigenvalue weighted by atomic mass is 9.85. The van der Waals surface area contributed by atoms with E-state index in [-0.39, 0.29) is 11.9 Å². The lowest BCUT2D eigenvalue weighted by Gasteiger charge is -2.24. The summed E-state index contributed by atoms with van der Waals surface area (Å²) in [5.74, 6) is 1.73. The summed E-state index contributed by atoms with van der Waals surface area (Å²) in [5, 5.41) is 7.83. The summed E-state index contributed by atoms with van der Waals surface area (Å²) in [6.45, 7) is 0.538. The minimum Gasteiger partial charge on any atom is -0.363 e. The Morgan fingerprint density at radius 2 is 2.08 bits per heavy atom. The molecule has 0 bridgehead atoms. The van der Waals surface area contributed by atoms with E-state index in [1.165, 1.54) is 25.7 Å². The number of benzene rings is 1. The number of hydrogen-bond acceptors (Lipinski definition) is 4. The SMILES string of the molecule is CN(C)c1cc(CNC(=O)C2CC3CCCCC3N2)c2ccccc2n1. The quantitative estimate of drug-likeness (QED) is 0.888. The fourth-order valence-corrected chi connectivity index (χ4v) is 4.43. The summed E-state index contributed by atoms with van der Waals surface area (Å²) in [4.78, 5) is 19.4. The average molecular weight is 352 g/mol. The highest BCUT2D eigenvalue weighted by Crippen LogP contribution is 2.33. The average Bonchev–Trinajstić information content (AvgIpc) is 3.10. The number of amides is 1. The molecule has 1 aliphatic carbocycles. The zero-order chi connectivity index (χ0) is 18.1. The predicted molar refractivity (Wildman–Crippen MR) is 105 cm³/mol. The van der Waals surface area contributed by atoms with Crippen molar-refractivity contribution >= 4 is 22.6 Å². The van der Waals surface area contributed by atoms with E-state index in [9.17, 15) is 4.79 Å². The molecule has 2 N–H and O–H groups in total. The molecule has 2 aliphatic rings. The van der Waals surface area contributed by atoms with E-state index in [4.69, 9.17) is 0 Å². The number of nitrogens with one attached hydrogen (secondary N) is 2. The maximum absolute atomic E-state index is 12.7. The van der Waals surface area contributed by atoms with Crippen LogP contribution >= 0.6 is 0 Å². The molecular weight excluding hydrogens is 324 g/mol. The van der Waals surface area contributed by atoms with E-state index < -0.39 is 0 Å². The number of fused-ring (bicyclic) bond motifs is 2. The zero-order valence-electron chi connectivity index (χ0n) is 15.7. The lowest BCUT2D eigenvalue weighted by Crippen LogP contribution is -2.42. The molecule has 1 saturated heterocycles. The molecule has 3 atom stereocenters. The summed E-state index contributed by atoms with van der Waals surface area (Å²) in [6, 6.07) is 10.7. The third-order valence-corrected chi connectivity index (χ3v) is 5.88. The number of pyridine rings is 1. The minimum absolute atomic E-state index is 0.0375. The minimum atomic E-state index is -0.0375. The van der Waals surface area contributed by atoms with Gasteiger partial charge in [-0.15, -0.1) is 0 Å². The molecule has 0 spiro atoms. The van der Waals surface area contributed by atoms with Gasteiger partial charge in [0.1, 0.15) is 5.82 Å². The molecule has 5 heteroatoms. The van der Waals surface area contributed by atoms with Crippen LogP contribution in [0.1, 0.15) is 37.7 Å². The molecule has 1 aromatic carbocycles. The number of nitrogens with zero attached hydrogens (tertiary/aromatic N) is 2. The number of carbonyl (C=O) groups excluding carboxylic acids is 1. The summed E-state index contributed by atoms with van der Waals surface area (Å²) in [6.07, 6.45) is 6.07. The predicted octanol–water partition coefficient (Wildman–Crippen LogP) is 2.84. The molecule has 4 rings (SSSR count). The molecule has 3 unspecified atom stereocenters. The zero-order valence-corrected chi connectivity index (χ0v) is 15.7. The Labute approximate surface area is 155 Å². The van der Waals surface area contributed by atoms with Crippen molar-refractivity contribution in [2.24, 2.45) is 5.92 Å². The number of carbonyl (C=O) groups is 1. The van der Waals surface area contributed by atoms with Gasteiger partial charge in [0.25, 0.3) is 0 Å². The molecular formula is C21H28N4O. The molecule has 1 amide bonds. The Morgan fingerprint density at radius 3 is 2.88 bits per heavy atom. The van der Waals surface area contributed by atoms with Gasteiger partial charge in [0.05, 0.1) is 11.6 Å². The maximum atomic E-state index is 12.7. The van der Waals surface area contributed by atoms with E-state index in [0.717, 1.165) is 28.7 Å². The van der Waals surface area contributed by atoms with Crippen LogP contribution in [0.4, 0.5) is 5.82 Å². The van der Waals surface area contributed by atoms with Crippen LogP contribution in [0, 0.1) is 5.92 Å². The third kappa shape index (κ3) is 3.40. The summed E-state index contributed by atoms with van der Waals surface area (Å²) in [7, 11) is 3.98. The largest absolute Gasteiger partial charge is 0.363 e. The first-order chi connectivity index (χ1) is 12.6. The molecule has 0 radical (unpaired) electrons. The van der Waals surface area contributed by atoms with E-state index in [0.29, 0.717) is 18.5 Å². The standard InChI is InChI=1S/C21H28N4O/c1-25(2)20-12-15(16-8-4-6-10-18(16)24-20)13-22-21(26)19-11-14-7-3-5-9-17(14)23-19/h4,6,8,10,12,14,17,19,23H,3,5,7,9,11,13H2,1-2H3,(H,22,26). The first kappa shape index (κ1) is 17.3. The van der Waals surface area contributed by atoms with Gasteiger partial charge in [0.2, 0.25) is 5.91 Å². The van der Waals surface area contributed by atoms with Gasteiger partial charge in [-0.2, -0.15) is 0 Å². The van der Waals surface area contributed by atoms with Crippen LogP contribution in [0.3, 0.4) is 0 Å². The summed E-state index contributed by atoms with van der Waals surface area (Å²) < 4.78 is 0. The highest BCUT2D eigenvalue weighted by atomic mass is 16.2. The maximum Gasteiger partial charge on any atom is 0.237 e. The number of para-hydroxylation sites is 1. The number of anilines is 1. The number of rotatable bonds is 4. The first-order valence-electron chi connectivity index (χ1n) is 9.71. The highest BCUT2D eigenvalue weighted by Gasteiger charge is 2.38. The van der Waals surface area contributed by atoms with Gasteiger partial charge in [-0.3, -0.25) is 4.79 Å². The summed E-state index contributed by atoms with van der Waals surface area (Å²) in [5.41, 5.74) is 2.08. The van der Waals surface area contributed by atoms with Gasteiger partial charge in [-0.25, -0.2) is 4.98 Å². The van der Waals surface area contributed by atoms with Crippen LogP contribution < -0.4 is 15.5 Å². The molecule has 2 aromatic rings. The summed E-state index contributed by atoms with van der Waals surface area (Å²) >= 11 is 0. The third-order valence-electron chi connectivity index (χ3n) is 5.88. The van der Waals surface area contributed by atoms with Gasteiger partial charge in [0, 0.05) is 32.1 Å². The fourth-order valence-electron chi connectivity index (χ4n) is 4.43. The van der Waals surface area contributed by atoms with Crippen molar-refractivity contribution in [3.8, 4) is 0 Å².